The molecule has 3 aromatic rings. The van der Waals surface area contributed by atoms with E-state index < -0.39 is 0 Å². The monoisotopic (exact) mass is 453 g/mol. The third-order valence-electron chi connectivity index (χ3n) is 4.84. The first-order valence-electron chi connectivity index (χ1n) is 9.85. The van der Waals surface area contributed by atoms with E-state index in [1.165, 1.54) is 11.8 Å². The number of rotatable bonds is 5. The summed E-state index contributed by atoms with van der Waals surface area (Å²) >= 11 is 2.80. The number of nitrogens with one attached hydrogen (secondary N) is 1. The second kappa shape index (κ2) is 8.68. The lowest BCUT2D eigenvalue weighted by Gasteiger charge is -2.19. The summed E-state index contributed by atoms with van der Waals surface area (Å²) in [6.07, 6.45) is 0.766. The van der Waals surface area contributed by atoms with Gasteiger partial charge in [-0.2, -0.15) is 0 Å². The Bertz CT molecular complexity index is 1200. The van der Waals surface area contributed by atoms with Gasteiger partial charge in [0.05, 0.1) is 22.0 Å². The van der Waals surface area contributed by atoms with Gasteiger partial charge < -0.3 is 14.8 Å². The number of hydrogen-bond acceptors (Lipinski definition) is 7. The molecule has 0 unspecified atom stereocenters. The number of ether oxygens (including phenoxy) is 2. The fourth-order valence-corrected chi connectivity index (χ4v) is 5.30. The van der Waals surface area contributed by atoms with Crippen molar-refractivity contribution in [1.82, 2.24) is 9.55 Å². The molecule has 0 fully saturated rings. The number of carbonyl (C=O) groups is 1. The SMILES string of the molecule is O=C(CSc1nc2c(c(=O)n1-c1ccccc1)SCC2)Nc1ccc2c(c1)OCCO2. The molecule has 2 aliphatic rings. The van der Waals surface area contributed by atoms with Crippen LogP contribution in [0.2, 0.25) is 0 Å². The van der Waals surface area contributed by atoms with Gasteiger partial charge in [0.1, 0.15) is 13.2 Å². The van der Waals surface area contributed by atoms with E-state index in [1.807, 2.05) is 30.3 Å². The molecule has 0 spiro atoms. The Morgan fingerprint density at radius 1 is 1.13 bits per heavy atom. The highest BCUT2D eigenvalue weighted by atomic mass is 32.2. The predicted molar refractivity (Wildman–Crippen MR) is 121 cm³/mol. The standard InChI is InChI=1S/C22H19N3O4S2/c26-19(23-14-6-7-17-18(12-14)29-10-9-28-17)13-31-22-24-16-8-11-30-20(16)21(27)25(22)15-4-2-1-3-5-15/h1-7,12H,8-11,13H2,(H,23,26). The summed E-state index contributed by atoms with van der Waals surface area (Å²) < 4.78 is 12.7. The van der Waals surface area contributed by atoms with Crippen LogP contribution in [0.4, 0.5) is 5.69 Å². The molecule has 0 atom stereocenters. The Morgan fingerprint density at radius 3 is 2.77 bits per heavy atom. The fourth-order valence-electron chi connectivity index (χ4n) is 3.44. The predicted octanol–water partition coefficient (Wildman–Crippen LogP) is 3.38. The fraction of sp³-hybridized carbons (Fsp3) is 0.227. The van der Waals surface area contributed by atoms with Crippen LogP contribution < -0.4 is 20.3 Å². The van der Waals surface area contributed by atoms with Crippen molar-refractivity contribution in [3.8, 4) is 17.2 Å². The lowest BCUT2D eigenvalue weighted by Crippen LogP contribution is -2.24. The normalized spacial score (nSPS) is 14.2. The van der Waals surface area contributed by atoms with Crippen LogP contribution in [-0.4, -0.2) is 40.2 Å². The second-order valence-corrected chi connectivity index (χ2v) is 8.99. The molecule has 7 nitrogen and oxygen atoms in total. The largest absolute Gasteiger partial charge is 0.486 e. The quantitative estimate of drug-likeness (QED) is 0.468. The van der Waals surface area contributed by atoms with E-state index in [1.54, 1.807) is 34.5 Å². The maximum atomic E-state index is 13.1. The summed E-state index contributed by atoms with van der Waals surface area (Å²) in [5.41, 5.74) is 2.11. The van der Waals surface area contributed by atoms with Crippen molar-refractivity contribution in [2.75, 3.05) is 30.0 Å². The number of para-hydroxylation sites is 1. The van der Waals surface area contributed by atoms with Crippen LogP contribution in [0.25, 0.3) is 5.69 Å². The van der Waals surface area contributed by atoms with E-state index in [-0.39, 0.29) is 17.2 Å². The van der Waals surface area contributed by atoms with E-state index in [4.69, 9.17) is 14.5 Å². The van der Waals surface area contributed by atoms with Crippen LogP contribution in [0, 0.1) is 0 Å². The Labute approximate surface area is 187 Å². The Balaban J connectivity index is 1.36. The molecule has 1 aromatic heterocycles. The van der Waals surface area contributed by atoms with Crippen LogP contribution in [-0.2, 0) is 11.2 Å². The van der Waals surface area contributed by atoms with Crippen LogP contribution in [0.1, 0.15) is 5.69 Å². The smallest absolute Gasteiger partial charge is 0.272 e. The first kappa shape index (κ1) is 20.0. The number of thioether (sulfide) groups is 2. The molecule has 2 aliphatic heterocycles. The topological polar surface area (TPSA) is 82.5 Å². The van der Waals surface area contributed by atoms with Gasteiger partial charge in [0.15, 0.2) is 16.7 Å². The van der Waals surface area contributed by atoms with Crippen molar-refractivity contribution in [1.29, 1.82) is 0 Å². The second-order valence-electron chi connectivity index (χ2n) is 6.94. The third-order valence-corrected chi connectivity index (χ3v) is 6.89. The van der Waals surface area contributed by atoms with Gasteiger partial charge in [0, 0.05) is 23.9 Å². The first-order valence-corrected chi connectivity index (χ1v) is 11.8. The summed E-state index contributed by atoms with van der Waals surface area (Å²) in [5, 5.41) is 3.40. The molecule has 3 heterocycles. The summed E-state index contributed by atoms with van der Waals surface area (Å²) in [5.74, 6) is 2.08. The van der Waals surface area contributed by atoms with Crippen molar-refractivity contribution in [3.63, 3.8) is 0 Å². The zero-order valence-corrected chi connectivity index (χ0v) is 18.1. The van der Waals surface area contributed by atoms with Gasteiger partial charge in [-0.15, -0.1) is 11.8 Å². The van der Waals surface area contributed by atoms with Crippen molar-refractivity contribution in [2.24, 2.45) is 0 Å². The van der Waals surface area contributed by atoms with Crippen LogP contribution >= 0.6 is 23.5 Å². The molecule has 5 rings (SSSR count). The van der Waals surface area contributed by atoms with Crippen LogP contribution in [0.15, 0.2) is 63.4 Å². The van der Waals surface area contributed by atoms with Gasteiger partial charge >= 0.3 is 0 Å². The molecule has 0 radical (unpaired) electrons. The maximum Gasteiger partial charge on any atom is 0.272 e. The van der Waals surface area contributed by atoms with Gasteiger partial charge in [-0.1, -0.05) is 30.0 Å². The molecule has 0 aliphatic carbocycles. The highest BCUT2D eigenvalue weighted by Gasteiger charge is 2.23. The van der Waals surface area contributed by atoms with Crippen molar-refractivity contribution < 1.29 is 14.3 Å². The highest BCUT2D eigenvalue weighted by molar-refractivity contribution is 8.00. The van der Waals surface area contributed by atoms with Crippen molar-refractivity contribution in [2.45, 2.75) is 16.5 Å². The maximum absolute atomic E-state index is 13.1. The third kappa shape index (κ3) is 4.15. The summed E-state index contributed by atoms with van der Waals surface area (Å²) in [6.45, 7) is 1.00. The van der Waals surface area contributed by atoms with E-state index in [9.17, 15) is 9.59 Å². The van der Waals surface area contributed by atoms with Gasteiger partial charge in [-0.3, -0.25) is 14.2 Å². The number of fused-ring (bicyclic) bond motifs is 2. The Hall–Kier alpha value is -2.91. The first-order chi connectivity index (χ1) is 15.2. The van der Waals surface area contributed by atoms with Gasteiger partial charge in [0.25, 0.3) is 5.56 Å². The molecular formula is C22H19N3O4S2. The molecule has 9 heteroatoms. The summed E-state index contributed by atoms with van der Waals surface area (Å²) in [7, 11) is 0. The number of carbonyl (C=O) groups excluding carboxylic acids is 1. The number of aryl methyl sites for hydroxylation is 1. The van der Waals surface area contributed by atoms with Gasteiger partial charge in [0.2, 0.25) is 5.91 Å². The molecule has 0 saturated heterocycles. The van der Waals surface area contributed by atoms with E-state index >= 15 is 0 Å². The van der Waals surface area contributed by atoms with Crippen LogP contribution in [0.5, 0.6) is 11.5 Å². The molecule has 0 saturated carbocycles. The Kier molecular flexibility index (Phi) is 5.61. The molecule has 0 bridgehead atoms. The van der Waals surface area contributed by atoms with E-state index in [0.29, 0.717) is 40.5 Å². The number of hydrogen-bond donors (Lipinski definition) is 1. The van der Waals surface area contributed by atoms with Gasteiger partial charge in [-0.25, -0.2) is 4.98 Å². The average molecular weight is 454 g/mol. The number of benzene rings is 2. The van der Waals surface area contributed by atoms with Crippen LogP contribution in [0.3, 0.4) is 0 Å². The highest BCUT2D eigenvalue weighted by Crippen LogP contribution is 2.33. The minimum Gasteiger partial charge on any atom is -0.486 e. The minimum absolute atomic E-state index is 0.0755. The average Bonchev–Trinajstić information content (AvgIpc) is 3.27. The molecule has 158 valence electrons. The zero-order valence-electron chi connectivity index (χ0n) is 16.5. The molecule has 2 aromatic carbocycles. The molecular weight excluding hydrogens is 434 g/mol. The summed E-state index contributed by atoms with van der Waals surface area (Å²) in [6, 6.07) is 14.7. The van der Waals surface area contributed by atoms with Gasteiger partial charge in [-0.05, 0) is 24.3 Å². The van der Waals surface area contributed by atoms with Crippen molar-refractivity contribution in [3.05, 3.63) is 64.6 Å². The lowest BCUT2D eigenvalue weighted by molar-refractivity contribution is -0.113. The number of anilines is 1. The number of amides is 1. The molecule has 1 amide bonds. The molecule has 31 heavy (non-hydrogen) atoms. The summed E-state index contributed by atoms with van der Waals surface area (Å²) in [4.78, 5) is 31.1. The van der Waals surface area contributed by atoms with Crippen molar-refractivity contribution >= 4 is 35.1 Å². The lowest BCUT2D eigenvalue weighted by atomic mass is 10.2. The Morgan fingerprint density at radius 2 is 1.94 bits per heavy atom. The number of nitrogens with zero attached hydrogens (tertiary/aromatic N) is 2. The zero-order chi connectivity index (χ0) is 21.2. The van der Waals surface area contributed by atoms with E-state index in [2.05, 4.69) is 5.32 Å². The minimum atomic E-state index is -0.189. The molecule has 1 N–H and O–H groups in total. The number of aromatic nitrogens is 2. The van der Waals surface area contributed by atoms with E-state index in [0.717, 1.165) is 23.6 Å².